The van der Waals surface area contributed by atoms with Crippen molar-refractivity contribution in [3.8, 4) is 0 Å². The summed E-state index contributed by atoms with van der Waals surface area (Å²) in [5, 5.41) is 3.59. The van der Waals surface area contributed by atoms with Gasteiger partial charge in [-0.1, -0.05) is 0 Å². The first kappa shape index (κ1) is 10.6. The van der Waals surface area contributed by atoms with Crippen LogP contribution in [0.4, 0.5) is 11.8 Å². The lowest BCUT2D eigenvalue weighted by Crippen LogP contribution is -2.16. The first-order valence-electron chi connectivity index (χ1n) is 6.85. The molecule has 0 saturated heterocycles. The summed E-state index contributed by atoms with van der Waals surface area (Å²) in [5.41, 5.74) is 3.46. The van der Waals surface area contributed by atoms with Gasteiger partial charge in [-0.2, -0.15) is 4.98 Å². The van der Waals surface area contributed by atoms with E-state index in [-0.39, 0.29) is 0 Å². The molecule has 0 radical (unpaired) electrons. The zero-order valence-electron chi connectivity index (χ0n) is 10.6. The van der Waals surface area contributed by atoms with Crippen LogP contribution in [0.25, 0.3) is 0 Å². The highest BCUT2D eigenvalue weighted by atomic mass is 15.3. The number of hydrazine groups is 1. The molecular weight excluding hydrogens is 226 g/mol. The molecule has 0 aromatic carbocycles. The smallest absolute Gasteiger partial charge is 0.239 e. The lowest BCUT2D eigenvalue weighted by atomic mass is 10.0. The summed E-state index contributed by atoms with van der Waals surface area (Å²) in [6, 6.07) is 2.65. The topological polar surface area (TPSA) is 75.9 Å². The summed E-state index contributed by atoms with van der Waals surface area (Å²) >= 11 is 0. The quantitative estimate of drug-likeness (QED) is 0.556. The molecule has 96 valence electrons. The van der Waals surface area contributed by atoms with Crippen molar-refractivity contribution < 1.29 is 0 Å². The Hall–Kier alpha value is -1.36. The highest BCUT2D eigenvalue weighted by Gasteiger charge is 2.65. The third kappa shape index (κ3) is 1.43. The predicted molar refractivity (Wildman–Crippen MR) is 69.8 cm³/mol. The fraction of sp³-hybridized carbons (Fsp3) is 0.692. The Morgan fingerprint density at radius 2 is 1.94 bits per heavy atom. The first-order chi connectivity index (χ1) is 8.76. The van der Waals surface area contributed by atoms with Gasteiger partial charge in [0.1, 0.15) is 5.82 Å². The van der Waals surface area contributed by atoms with E-state index in [2.05, 4.69) is 20.7 Å². The van der Waals surface area contributed by atoms with Crippen LogP contribution in [0.3, 0.4) is 0 Å². The third-order valence-corrected chi connectivity index (χ3v) is 5.03. The van der Waals surface area contributed by atoms with Crippen molar-refractivity contribution in [2.24, 2.45) is 29.5 Å². The van der Waals surface area contributed by atoms with E-state index in [4.69, 9.17) is 5.84 Å². The Bertz CT molecular complexity index is 472. The van der Waals surface area contributed by atoms with E-state index in [0.29, 0.717) is 12.0 Å². The molecular formula is C13H19N5. The molecule has 1 heterocycles. The minimum atomic E-state index is 0.492. The van der Waals surface area contributed by atoms with Gasteiger partial charge >= 0.3 is 0 Å². The molecule has 1 aromatic rings. The number of fused-ring (bicyclic) bond motifs is 5. The van der Waals surface area contributed by atoms with E-state index in [9.17, 15) is 0 Å². The van der Waals surface area contributed by atoms with Crippen LogP contribution >= 0.6 is 0 Å². The van der Waals surface area contributed by atoms with Crippen molar-refractivity contribution in [2.45, 2.75) is 32.2 Å². The van der Waals surface area contributed by atoms with E-state index in [1.165, 1.54) is 19.3 Å². The van der Waals surface area contributed by atoms with Crippen LogP contribution in [0, 0.1) is 30.6 Å². The monoisotopic (exact) mass is 245 g/mol. The number of nitrogens with one attached hydrogen (secondary N) is 2. The van der Waals surface area contributed by atoms with E-state index in [1.54, 1.807) is 0 Å². The fourth-order valence-electron chi connectivity index (χ4n) is 4.40. The van der Waals surface area contributed by atoms with Gasteiger partial charge in [0.05, 0.1) is 0 Å². The summed E-state index contributed by atoms with van der Waals surface area (Å²) in [6.07, 6.45) is 4.37. The highest BCUT2D eigenvalue weighted by molar-refractivity contribution is 5.45. The lowest BCUT2D eigenvalue weighted by Gasteiger charge is -2.12. The van der Waals surface area contributed by atoms with Gasteiger partial charge in [-0.3, -0.25) is 5.43 Å². The van der Waals surface area contributed by atoms with Gasteiger partial charge in [-0.05, 0) is 49.9 Å². The molecule has 3 aliphatic rings. The molecule has 5 nitrogen and oxygen atoms in total. The fourth-order valence-corrected chi connectivity index (χ4v) is 4.40. The molecule has 5 heteroatoms. The molecule has 4 rings (SSSR count). The third-order valence-electron chi connectivity index (χ3n) is 5.03. The Balaban J connectivity index is 1.51. The molecule has 4 atom stereocenters. The Morgan fingerprint density at radius 3 is 2.61 bits per heavy atom. The molecule has 0 spiro atoms. The second kappa shape index (κ2) is 3.57. The molecule has 1 aromatic heterocycles. The Labute approximate surface area is 107 Å². The number of nitrogens with two attached hydrogens (primary N) is 1. The number of anilines is 2. The molecule has 3 aliphatic carbocycles. The minimum absolute atomic E-state index is 0.492. The van der Waals surface area contributed by atoms with E-state index in [0.717, 1.165) is 35.2 Å². The zero-order valence-corrected chi connectivity index (χ0v) is 10.6. The minimum Gasteiger partial charge on any atom is -0.367 e. The second-order valence-corrected chi connectivity index (χ2v) is 6.02. The van der Waals surface area contributed by atoms with E-state index >= 15 is 0 Å². The van der Waals surface area contributed by atoms with Gasteiger partial charge in [-0.25, -0.2) is 10.8 Å². The number of nitrogen functional groups attached to an aromatic ring is 1. The summed E-state index contributed by atoms with van der Waals surface area (Å²) < 4.78 is 0. The summed E-state index contributed by atoms with van der Waals surface area (Å²) in [5.74, 6) is 10.6. The summed E-state index contributed by atoms with van der Waals surface area (Å²) in [6.45, 7) is 1.96. The van der Waals surface area contributed by atoms with Gasteiger partial charge in [0.25, 0.3) is 0 Å². The van der Waals surface area contributed by atoms with Crippen molar-refractivity contribution in [1.82, 2.24) is 9.97 Å². The maximum atomic E-state index is 5.38. The van der Waals surface area contributed by atoms with Crippen LogP contribution < -0.4 is 16.6 Å². The molecule has 2 bridgehead atoms. The zero-order chi connectivity index (χ0) is 12.3. The molecule has 0 aliphatic heterocycles. The van der Waals surface area contributed by atoms with Crippen LogP contribution in [0.2, 0.25) is 0 Å². The van der Waals surface area contributed by atoms with Gasteiger partial charge in [0, 0.05) is 17.8 Å². The number of aryl methyl sites for hydroxylation is 1. The Morgan fingerprint density at radius 1 is 1.22 bits per heavy atom. The van der Waals surface area contributed by atoms with Crippen molar-refractivity contribution >= 4 is 11.8 Å². The largest absolute Gasteiger partial charge is 0.367 e. The molecule has 4 unspecified atom stereocenters. The van der Waals surface area contributed by atoms with Crippen molar-refractivity contribution in [1.29, 1.82) is 0 Å². The van der Waals surface area contributed by atoms with Crippen LogP contribution in [0.15, 0.2) is 6.07 Å². The second-order valence-electron chi connectivity index (χ2n) is 6.02. The van der Waals surface area contributed by atoms with Crippen LogP contribution in [0.1, 0.15) is 25.0 Å². The van der Waals surface area contributed by atoms with Crippen LogP contribution in [0.5, 0.6) is 0 Å². The number of aromatic nitrogens is 2. The number of rotatable bonds is 3. The van der Waals surface area contributed by atoms with E-state index < -0.39 is 0 Å². The van der Waals surface area contributed by atoms with Crippen molar-refractivity contribution in [3.05, 3.63) is 11.8 Å². The van der Waals surface area contributed by atoms with Gasteiger partial charge in [0.15, 0.2) is 0 Å². The van der Waals surface area contributed by atoms with Gasteiger partial charge < -0.3 is 5.32 Å². The standard InChI is InChI=1S/C13H19N5/c1-6-4-9(17-13(15-6)18-14)16-12-10-7-2-3-8(5-7)11(10)12/h4,7-8,10-12H,2-3,5,14H2,1H3,(H2,15,16,17,18). The lowest BCUT2D eigenvalue weighted by molar-refractivity contribution is 0.456. The summed E-state index contributed by atoms with van der Waals surface area (Å²) in [4.78, 5) is 8.58. The SMILES string of the molecule is Cc1cc(NC2C3C4CCC(C4)C23)nc(NN)n1. The maximum absolute atomic E-state index is 5.38. The van der Waals surface area contributed by atoms with Crippen LogP contribution in [-0.4, -0.2) is 16.0 Å². The average Bonchev–Trinajstić information content (AvgIpc) is 2.76. The van der Waals surface area contributed by atoms with Crippen molar-refractivity contribution in [3.63, 3.8) is 0 Å². The molecule has 0 amide bonds. The molecule has 3 fully saturated rings. The normalized spacial score (nSPS) is 39.6. The maximum Gasteiger partial charge on any atom is 0.239 e. The van der Waals surface area contributed by atoms with Gasteiger partial charge in [-0.15, -0.1) is 0 Å². The van der Waals surface area contributed by atoms with Crippen molar-refractivity contribution in [2.75, 3.05) is 10.7 Å². The molecule has 3 saturated carbocycles. The number of hydrogen-bond donors (Lipinski definition) is 3. The van der Waals surface area contributed by atoms with Crippen LogP contribution in [-0.2, 0) is 0 Å². The number of nitrogens with zero attached hydrogens (tertiary/aromatic N) is 2. The first-order valence-corrected chi connectivity index (χ1v) is 6.85. The molecule has 4 N–H and O–H groups in total. The highest BCUT2D eigenvalue weighted by Crippen LogP contribution is 2.66. The summed E-state index contributed by atoms with van der Waals surface area (Å²) in [7, 11) is 0. The number of hydrogen-bond acceptors (Lipinski definition) is 5. The van der Waals surface area contributed by atoms with E-state index in [1.807, 2.05) is 13.0 Å². The Kier molecular flexibility index (Phi) is 2.09. The van der Waals surface area contributed by atoms with Gasteiger partial charge in [0.2, 0.25) is 5.95 Å². The molecule has 18 heavy (non-hydrogen) atoms. The average molecular weight is 245 g/mol. The predicted octanol–water partition coefficient (Wildman–Crippen LogP) is 1.53.